The minimum atomic E-state index is -0.393. The van der Waals surface area contributed by atoms with E-state index < -0.39 is 6.03 Å². The molecule has 122 valence electrons. The highest BCUT2D eigenvalue weighted by Gasteiger charge is 2.22. The van der Waals surface area contributed by atoms with Gasteiger partial charge in [-0.05, 0) is 44.8 Å². The number of hydrogen-bond acceptors (Lipinski definition) is 4. The lowest BCUT2D eigenvalue weighted by Gasteiger charge is -2.33. The molecule has 1 rings (SSSR count). The molecule has 1 aliphatic heterocycles. The van der Waals surface area contributed by atoms with Crippen LogP contribution in [-0.2, 0) is 4.79 Å². The first-order valence-corrected chi connectivity index (χ1v) is 8.05. The quantitative estimate of drug-likeness (QED) is 0.654. The van der Waals surface area contributed by atoms with E-state index in [1.807, 2.05) is 13.8 Å². The molecular formula is C15H30N4O2. The van der Waals surface area contributed by atoms with E-state index in [-0.39, 0.29) is 5.91 Å². The molecule has 1 fully saturated rings. The molecule has 0 atom stereocenters. The Bertz CT molecular complexity index is 328. The zero-order valence-electron chi connectivity index (χ0n) is 13.6. The van der Waals surface area contributed by atoms with Gasteiger partial charge in [0.25, 0.3) is 0 Å². The minimum absolute atomic E-state index is 0.219. The van der Waals surface area contributed by atoms with Gasteiger partial charge in [-0.3, -0.25) is 15.0 Å². The highest BCUT2D eigenvalue weighted by Crippen LogP contribution is 2.11. The summed E-state index contributed by atoms with van der Waals surface area (Å²) in [5.74, 6) is 0.153. The Labute approximate surface area is 128 Å². The van der Waals surface area contributed by atoms with E-state index in [2.05, 4.69) is 27.8 Å². The Hall–Kier alpha value is -1.14. The van der Waals surface area contributed by atoms with Crippen molar-refractivity contribution >= 4 is 11.9 Å². The maximum Gasteiger partial charge on any atom is 0.321 e. The van der Waals surface area contributed by atoms with Crippen LogP contribution in [0.4, 0.5) is 4.79 Å². The van der Waals surface area contributed by atoms with Crippen molar-refractivity contribution in [3.05, 3.63) is 0 Å². The zero-order chi connectivity index (χ0) is 15.7. The molecule has 1 aliphatic rings. The molecule has 6 nitrogen and oxygen atoms in total. The molecule has 3 amide bonds. The predicted octanol–water partition coefficient (Wildman–Crippen LogP) is 0.932. The molecule has 0 aromatic rings. The molecular weight excluding hydrogens is 268 g/mol. The molecule has 0 spiro atoms. The summed E-state index contributed by atoms with van der Waals surface area (Å²) < 4.78 is 0. The van der Waals surface area contributed by atoms with Gasteiger partial charge in [0.15, 0.2) is 0 Å². The summed E-state index contributed by atoms with van der Waals surface area (Å²) in [7, 11) is 0. The first kappa shape index (κ1) is 17.9. The van der Waals surface area contributed by atoms with E-state index in [9.17, 15) is 9.59 Å². The lowest BCUT2D eigenvalue weighted by Crippen LogP contribution is -2.50. The molecule has 21 heavy (non-hydrogen) atoms. The highest BCUT2D eigenvalue weighted by atomic mass is 16.2. The number of carbonyl (C=O) groups is 2. The fourth-order valence-electron chi connectivity index (χ4n) is 2.54. The van der Waals surface area contributed by atoms with Crippen molar-refractivity contribution in [3.63, 3.8) is 0 Å². The predicted molar refractivity (Wildman–Crippen MR) is 84.1 cm³/mol. The summed E-state index contributed by atoms with van der Waals surface area (Å²) in [5, 5.41) is 8.45. The molecule has 0 unspecified atom stereocenters. The molecule has 0 saturated carbocycles. The number of rotatable bonds is 7. The first-order valence-electron chi connectivity index (χ1n) is 8.05. The molecule has 0 aromatic carbocycles. The van der Waals surface area contributed by atoms with Crippen LogP contribution in [0.25, 0.3) is 0 Å². The average molecular weight is 298 g/mol. The Kier molecular flexibility index (Phi) is 8.30. The number of nitrogens with zero attached hydrogens (tertiary/aromatic N) is 1. The van der Waals surface area contributed by atoms with Crippen molar-refractivity contribution < 1.29 is 9.59 Å². The Morgan fingerprint density at radius 3 is 2.52 bits per heavy atom. The molecule has 0 radical (unpaired) electrons. The third-order valence-corrected chi connectivity index (χ3v) is 3.61. The summed E-state index contributed by atoms with van der Waals surface area (Å²) in [6, 6.07) is 0.0473. The number of imide groups is 1. The van der Waals surface area contributed by atoms with E-state index in [0.717, 1.165) is 38.9 Å². The summed E-state index contributed by atoms with van der Waals surface area (Å²) in [4.78, 5) is 25.8. The third kappa shape index (κ3) is 7.43. The Morgan fingerprint density at radius 2 is 1.95 bits per heavy atom. The van der Waals surface area contributed by atoms with Gasteiger partial charge in [-0.15, -0.1) is 0 Å². The maximum absolute atomic E-state index is 12.0. The lowest BCUT2D eigenvalue weighted by molar-refractivity contribution is -0.121. The van der Waals surface area contributed by atoms with Crippen LogP contribution in [0.1, 0.15) is 40.0 Å². The monoisotopic (exact) mass is 298 g/mol. The van der Waals surface area contributed by atoms with Crippen molar-refractivity contribution in [2.75, 3.05) is 32.7 Å². The van der Waals surface area contributed by atoms with Gasteiger partial charge >= 0.3 is 6.03 Å². The van der Waals surface area contributed by atoms with Crippen LogP contribution in [0.3, 0.4) is 0 Å². The number of nitrogens with one attached hydrogen (secondary N) is 3. The molecule has 6 heteroatoms. The summed E-state index contributed by atoms with van der Waals surface area (Å²) in [5.41, 5.74) is 0. The van der Waals surface area contributed by atoms with Gasteiger partial charge in [-0.25, -0.2) is 4.79 Å². The maximum atomic E-state index is 12.0. The smallest absolute Gasteiger partial charge is 0.321 e. The van der Waals surface area contributed by atoms with Gasteiger partial charge in [0, 0.05) is 12.6 Å². The standard InChI is InChI=1S/C15H30N4O2/c1-4-9-19(13-5-7-16-8-6-13)11-14(20)18-15(21)17-10-12(2)3/h12-13,16H,4-11H2,1-3H3,(H2,17,18,20,21). The van der Waals surface area contributed by atoms with Crippen molar-refractivity contribution in [2.45, 2.75) is 46.1 Å². The van der Waals surface area contributed by atoms with Gasteiger partial charge in [-0.1, -0.05) is 20.8 Å². The summed E-state index contributed by atoms with van der Waals surface area (Å²) >= 11 is 0. The van der Waals surface area contributed by atoms with Crippen LogP contribution in [-0.4, -0.2) is 55.6 Å². The third-order valence-electron chi connectivity index (χ3n) is 3.61. The van der Waals surface area contributed by atoms with E-state index in [1.165, 1.54) is 0 Å². The van der Waals surface area contributed by atoms with Crippen LogP contribution in [0.2, 0.25) is 0 Å². The number of hydrogen-bond donors (Lipinski definition) is 3. The lowest BCUT2D eigenvalue weighted by atomic mass is 10.0. The number of piperidine rings is 1. The van der Waals surface area contributed by atoms with Gasteiger partial charge < -0.3 is 10.6 Å². The van der Waals surface area contributed by atoms with Crippen molar-refractivity contribution in [2.24, 2.45) is 5.92 Å². The van der Waals surface area contributed by atoms with Crippen LogP contribution in [0.5, 0.6) is 0 Å². The second kappa shape index (κ2) is 9.73. The summed E-state index contributed by atoms with van der Waals surface area (Å²) in [6.45, 7) is 9.92. The molecule has 0 aromatic heterocycles. The first-order chi connectivity index (χ1) is 10.0. The van der Waals surface area contributed by atoms with Crippen LogP contribution < -0.4 is 16.0 Å². The van der Waals surface area contributed by atoms with Gasteiger partial charge in [0.2, 0.25) is 5.91 Å². The topological polar surface area (TPSA) is 73.5 Å². The Balaban J connectivity index is 2.38. The number of carbonyl (C=O) groups excluding carboxylic acids is 2. The number of urea groups is 1. The molecule has 1 saturated heterocycles. The highest BCUT2D eigenvalue weighted by molar-refractivity contribution is 5.95. The van der Waals surface area contributed by atoms with Crippen molar-refractivity contribution in [3.8, 4) is 0 Å². The average Bonchev–Trinajstić information content (AvgIpc) is 2.45. The van der Waals surface area contributed by atoms with Gasteiger partial charge in [-0.2, -0.15) is 0 Å². The van der Waals surface area contributed by atoms with E-state index >= 15 is 0 Å². The van der Waals surface area contributed by atoms with Gasteiger partial charge in [0.1, 0.15) is 0 Å². The second-order valence-corrected chi connectivity index (χ2v) is 6.10. The van der Waals surface area contributed by atoms with Crippen LogP contribution >= 0.6 is 0 Å². The molecule has 3 N–H and O–H groups in total. The normalized spacial score (nSPS) is 16.2. The van der Waals surface area contributed by atoms with Crippen LogP contribution in [0.15, 0.2) is 0 Å². The minimum Gasteiger partial charge on any atom is -0.338 e. The summed E-state index contributed by atoms with van der Waals surface area (Å²) in [6.07, 6.45) is 3.14. The van der Waals surface area contributed by atoms with Crippen molar-refractivity contribution in [1.82, 2.24) is 20.9 Å². The largest absolute Gasteiger partial charge is 0.338 e. The molecule has 1 heterocycles. The van der Waals surface area contributed by atoms with E-state index in [0.29, 0.717) is 25.0 Å². The fourth-order valence-corrected chi connectivity index (χ4v) is 2.54. The van der Waals surface area contributed by atoms with Crippen LogP contribution in [0, 0.1) is 5.92 Å². The fraction of sp³-hybridized carbons (Fsp3) is 0.867. The molecule has 0 bridgehead atoms. The van der Waals surface area contributed by atoms with Gasteiger partial charge in [0.05, 0.1) is 6.54 Å². The zero-order valence-corrected chi connectivity index (χ0v) is 13.6. The van der Waals surface area contributed by atoms with Crippen molar-refractivity contribution in [1.29, 1.82) is 0 Å². The molecule has 0 aliphatic carbocycles. The van der Waals surface area contributed by atoms with E-state index in [1.54, 1.807) is 0 Å². The van der Waals surface area contributed by atoms with E-state index in [4.69, 9.17) is 0 Å². The number of amides is 3. The second-order valence-electron chi connectivity index (χ2n) is 6.10. The SMILES string of the molecule is CCCN(CC(=O)NC(=O)NCC(C)C)C1CCNCC1. The Morgan fingerprint density at radius 1 is 1.29 bits per heavy atom.